The number of rotatable bonds is 2. The molecule has 1 aromatic carbocycles. The second-order valence-corrected chi connectivity index (χ2v) is 3.46. The number of nitrogens with two attached hydrogens (primary N) is 1. The van der Waals surface area contributed by atoms with Crippen LogP contribution < -0.4 is 10.5 Å². The summed E-state index contributed by atoms with van der Waals surface area (Å²) in [6.07, 6.45) is -10.3. The summed E-state index contributed by atoms with van der Waals surface area (Å²) in [6, 6.07) is 1.03. The molecule has 0 radical (unpaired) electrons. The summed E-state index contributed by atoms with van der Waals surface area (Å²) in [6.45, 7) is 0. The van der Waals surface area contributed by atoms with Gasteiger partial charge in [0.25, 0.3) is 5.91 Å². The van der Waals surface area contributed by atoms with Gasteiger partial charge in [-0.3, -0.25) is 4.79 Å². The van der Waals surface area contributed by atoms with Crippen LogP contribution in [0.15, 0.2) is 18.2 Å². The lowest BCUT2D eigenvalue weighted by molar-refractivity contribution is -0.189. The van der Waals surface area contributed by atoms with Crippen molar-refractivity contribution in [3.8, 4) is 5.75 Å². The molecule has 20 heavy (non-hydrogen) atoms. The van der Waals surface area contributed by atoms with E-state index in [0.29, 0.717) is 12.1 Å². The van der Waals surface area contributed by atoms with Gasteiger partial charge in [0.05, 0.1) is 11.1 Å². The molecule has 0 aromatic heterocycles. The van der Waals surface area contributed by atoms with Gasteiger partial charge >= 0.3 is 18.3 Å². The fourth-order valence-electron chi connectivity index (χ4n) is 1.14. The third-order valence-electron chi connectivity index (χ3n) is 2.01. The Morgan fingerprint density at radius 1 is 1.05 bits per heavy atom. The zero-order valence-electron chi connectivity index (χ0n) is 9.30. The molecular weight excluding hydrogens is 296 g/mol. The monoisotopic (exact) mass is 301 g/mol. The minimum Gasteiger partial charge on any atom is -0.419 e. The van der Waals surface area contributed by atoms with Crippen LogP contribution in [-0.4, -0.2) is 18.1 Å². The molecular formula is C10H5F6NO3. The Hall–Kier alpha value is -2.26. The lowest BCUT2D eigenvalue weighted by atomic mass is 10.1. The van der Waals surface area contributed by atoms with Gasteiger partial charge in [-0.25, -0.2) is 4.79 Å². The van der Waals surface area contributed by atoms with E-state index < -0.39 is 41.1 Å². The molecule has 1 aromatic rings. The molecule has 0 atom stereocenters. The number of esters is 1. The lowest BCUT2D eigenvalue weighted by Gasteiger charge is -2.12. The van der Waals surface area contributed by atoms with Crippen LogP contribution in [-0.2, 0) is 11.0 Å². The van der Waals surface area contributed by atoms with E-state index in [9.17, 15) is 35.9 Å². The Morgan fingerprint density at radius 2 is 1.60 bits per heavy atom. The van der Waals surface area contributed by atoms with Crippen molar-refractivity contribution in [3.05, 3.63) is 29.3 Å². The number of benzene rings is 1. The number of carbonyl (C=O) groups is 2. The van der Waals surface area contributed by atoms with E-state index in [1.807, 2.05) is 0 Å². The second kappa shape index (κ2) is 5.02. The molecule has 10 heteroatoms. The zero-order chi connectivity index (χ0) is 15.7. The normalized spacial score (nSPS) is 12.1. The van der Waals surface area contributed by atoms with Gasteiger partial charge in [0.1, 0.15) is 5.75 Å². The number of amides is 1. The van der Waals surface area contributed by atoms with Crippen molar-refractivity contribution in [2.45, 2.75) is 12.4 Å². The van der Waals surface area contributed by atoms with E-state index in [0.717, 1.165) is 0 Å². The SMILES string of the molecule is NC(=O)c1ccc(C(F)(F)F)cc1OC(=O)C(F)(F)F. The van der Waals surface area contributed by atoms with E-state index in [2.05, 4.69) is 4.74 Å². The first-order valence-corrected chi connectivity index (χ1v) is 4.73. The predicted octanol–water partition coefficient (Wildman–Crippen LogP) is 2.27. The first-order chi connectivity index (χ1) is 8.93. The van der Waals surface area contributed by atoms with E-state index in [4.69, 9.17) is 5.73 Å². The summed E-state index contributed by atoms with van der Waals surface area (Å²) in [5, 5.41) is 0. The van der Waals surface area contributed by atoms with Crippen LogP contribution >= 0.6 is 0 Å². The molecule has 0 saturated carbocycles. The minimum absolute atomic E-state index is 0.0870. The maximum Gasteiger partial charge on any atom is 0.491 e. The topological polar surface area (TPSA) is 69.4 Å². The van der Waals surface area contributed by atoms with Gasteiger partial charge < -0.3 is 10.5 Å². The first-order valence-electron chi connectivity index (χ1n) is 4.73. The Bertz CT molecular complexity index is 549. The van der Waals surface area contributed by atoms with Crippen molar-refractivity contribution in [3.63, 3.8) is 0 Å². The third-order valence-corrected chi connectivity index (χ3v) is 2.01. The van der Waals surface area contributed by atoms with Gasteiger partial charge in [0, 0.05) is 0 Å². The summed E-state index contributed by atoms with van der Waals surface area (Å²) < 4.78 is 76.9. The van der Waals surface area contributed by atoms with Gasteiger partial charge in [0.2, 0.25) is 0 Å². The summed E-state index contributed by atoms with van der Waals surface area (Å²) in [5.41, 5.74) is 2.59. The Morgan fingerprint density at radius 3 is 2.00 bits per heavy atom. The molecule has 2 N–H and O–H groups in total. The maximum absolute atomic E-state index is 12.4. The van der Waals surface area contributed by atoms with Crippen LogP contribution in [0.4, 0.5) is 26.3 Å². The highest BCUT2D eigenvalue weighted by Gasteiger charge is 2.42. The Labute approximate surface area is 107 Å². The van der Waals surface area contributed by atoms with Crippen molar-refractivity contribution < 1.29 is 40.7 Å². The first kappa shape index (κ1) is 15.8. The van der Waals surface area contributed by atoms with Crippen LogP contribution in [0.1, 0.15) is 15.9 Å². The van der Waals surface area contributed by atoms with Gasteiger partial charge in [0.15, 0.2) is 0 Å². The van der Waals surface area contributed by atoms with Crippen molar-refractivity contribution in [2.24, 2.45) is 5.73 Å². The molecule has 1 amide bonds. The highest BCUT2D eigenvalue weighted by molar-refractivity contribution is 5.96. The number of primary amides is 1. The largest absolute Gasteiger partial charge is 0.491 e. The van der Waals surface area contributed by atoms with Crippen LogP contribution in [0.3, 0.4) is 0 Å². The molecule has 4 nitrogen and oxygen atoms in total. The van der Waals surface area contributed by atoms with Crippen molar-refractivity contribution in [2.75, 3.05) is 0 Å². The predicted molar refractivity (Wildman–Crippen MR) is 51.7 cm³/mol. The number of hydrogen-bond donors (Lipinski definition) is 1. The van der Waals surface area contributed by atoms with Crippen LogP contribution in [0.25, 0.3) is 0 Å². The van der Waals surface area contributed by atoms with Crippen molar-refractivity contribution in [1.29, 1.82) is 0 Å². The molecule has 0 aliphatic carbocycles. The van der Waals surface area contributed by atoms with Crippen LogP contribution in [0, 0.1) is 0 Å². The number of halogens is 6. The van der Waals surface area contributed by atoms with Gasteiger partial charge in [-0.05, 0) is 18.2 Å². The van der Waals surface area contributed by atoms with Gasteiger partial charge in [-0.1, -0.05) is 0 Å². The molecule has 110 valence electrons. The summed E-state index contributed by atoms with van der Waals surface area (Å²) >= 11 is 0. The maximum atomic E-state index is 12.4. The molecule has 0 bridgehead atoms. The molecule has 1 rings (SSSR count). The quantitative estimate of drug-likeness (QED) is 0.517. The van der Waals surface area contributed by atoms with Crippen molar-refractivity contribution >= 4 is 11.9 Å². The highest BCUT2D eigenvalue weighted by atomic mass is 19.4. The molecule has 0 aliphatic rings. The van der Waals surface area contributed by atoms with E-state index in [1.165, 1.54) is 0 Å². The van der Waals surface area contributed by atoms with Gasteiger partial charge in [-0.15, -0.1) is 0 Å². The Kier molecular flexibility index (Phi) is 3.97. The standard InChI is InChI=1S/C10H5F6NO3/c11-9(12,13)4-1-2-5(7(17)18)6(3-4)20-8(19)10(14,15)16/h1-3H,(H2,17,18). The lowest BCUT2D eigenvalue weighted by Crippen LogP contribution is -2.29. The van der Waals surface area contributed by atoms with Crippen LogP contribution in [0.5, 0.6) is 5.75 Å². The number of alkyl halides is 6. The molecule has 0 spiro atoms. The number of hydrogen-bond acceptors (Lipinski definition) is 3. The van der Waals surface area contributed by atoms with E-state index in [1.54, 1.807) is 0 Å². The third kappa shape index (κ3) is 3.62. The molecule has 0 saturated heterocycles. The highest BCUT2D eigenvalue weighted by Crippen LogP contribution is 2.33. The summed E-state index contributed by atoms with van der Waals surface area (Å²) in [5.74, 6) is -5.32. The average molecular weight is 301 g/mol. The smallest absolute Gasteiger partial charge is 0.419 e. The summed E-state index contributed by atoms with van der Waals surface area (Å²) in [7, 11) is 0. The summed E-state index contributed by atoms with van der Waals surface area (Å²) in [4.78, 5) is 21.5. The molecule has 0 aliphatic heterocycles. The fourth-order valence-corrected chi connectivity index (χ4v) is 1.14. The average Bonchev–Trinajstić information content (AvgIpc) is 2.25. The molecule has 0 heterocycles. The number of ether oxygens (including phenoxy) is 1. The number of carbonyl (C=O) groups excluding carboxylic acids is 2. The fraction of sp³-hybridized carbons (Fsp3) is 0.200. The Balaban J connectivity index is 3.27. The molecule has 0 unspecified atom stereocenters. The zero-order valence-corrected chi connectivity index (χ0v) is 9.30. The van der Waals surface area contributed by atoms with Crippen molar-refractivity contribution in [1.82, 2.24) is 0 Å². The van der Waals surface area contributed by atoms with E-state index >= 15 is 0 Å². The van der Waals surface area contributed by atoms with Crippen LogP contribution in [0.2, 0.25) is 0 Å². The molecule has 0 fully saturated rings. The second-order valence-electron chi connectivity index (χ2n) is 3.46. The minimum atomic E-state index is -5.43. The van der Waals surface area contributed by atoms with E-state index in [-0.39, 0.29) is 6.07 Å². The van der Waals surface area contributed by atoms with Gasteiger partial charge in [-0.2, -0.15) is 26.3 Å².